The zero-order valence-corrected chi connectivity index (χ0v) is 18.5. The van der Waals surface area contributed by atoms with Crippen LogP contribution in [0.2, 0.25) is 10.0 Å². The Morgan fingerprint density at radius 2 is 1.80 bits per heavy atom. The summed E-state index contributed by atoms with van der Waals surface area (Å²) >= 11 is 12.2. The number of carbonyl (C=O) groups is 2. The van der Waals surface area contributed by atoms with E-state index in [4.69, 9.17) is 23.2 Å². The third-order valence-electron chi connectivity index (χ3n) is 5.72. The number of halogens is 3. The molecule has 1 fully saturated rings. The Balaban J connectivity index is 2.21. The summed E-state index contributed by atoms with van der Waals surface area (Å²) in [5.41, 5.74) is 0.363. The van der Waals surface area contributed by atoms with Gasteiger partial charge in [0.15, 0.2) is 0 Å². The molecule has 1 aliphatic rings. The van der Waals surface area contributed by atoms with Crippen LogP contribution < -0.4 is 0 Å². The van der Waals surface area contributed by atoms with Gasteiger partial charge in [-0.1, -0.05) is 42.3 Å². The molecule has 1 saturated heterocycles. The van der Waals surface area contributed by atoms with Crippen molar-refractivity contribution in [1.82, 2.24) is 4.90 Å². The van der Waals surface area contributed by atoms with Crippen LogP contribution in [0.5, 0.6) is 0 Å². The Hall–Kier alpha value is -2.11. The van der Waals surface area contributed by atoms with Gasteiger partial charge in [0.05, 0.1) is 17.9 Å². The fraction of sp³-hybridized carbons (Fsp3) is 0.391. The largest absolute Gasteiger partial charge is 0.481 e. The van der Waals surface area contributed by atoms with E-state index >= 15 is 0 Å². The van der Waals surface area contributed by atoms with Crippen LogP contribution >= 0.6 is 23.2 Å². The monoisotopic (exact) mass is 451 g/mol. The molecular weight excluding hydrogens is 428 g/mol. The average molecular weight is 452 g/mol. The maximum Gasteiger partial charge on any atom is 0.304 e. The van der Waals surface area contributed by atoms with Crippen molar-refractivity contribution in [3.63, 3.8) is 0 Å². The number of hydrogen-bond acceptors (Lipinski definition) is 2. The third-order valence-corrected chi connectivity index (χ3v) is 6.19. The molecule has 0 aromatic heterocycles. The maximum atomic E-state index is 14.2. The number of nitrogens with zero attached hydrogens (tertiary/aromatic N) is 1. The van der Waals surface area contributed by atoms with E-state index in [-0.39, 0.29) is 35.7 Å². The number of amides is 1. The lowest BCUT2D eigenvalue weighted by atomic mass is 9.67. The van der Waals surface area contributed by atoms with Crippen LogP contribution in [0, 0.1) is 11.2 Å². The number of carbonyl (C=O) groups excluding carboxylic acids is 1. The number of benzene rings is 2. The molecule has 0 spiro atoms. The molecule has 2 aromatic rings. The summed E-state index contributed by atoms with van der Waals surface area (Å²) in [4.78, 5) is 26.8. The molecule has 3 rings (SSSR count). The molecule has 4 nitrogen and oxygen atoms in total. The first-order valence-electron chi connectivity index (χ1n) is 9.78. The summed E-state index contributed by atoms with van der Waals surface area (Å²) < 4.78 is 14.2. The second kappa shape index (κ2) is 8.56. The number of aliphatic carboxylic acids is 1. The van der Waals surface area contributed by atoms with Gasteiger partial charge in [0, 0.05) is 22.0 Å². The third kappa shape index (κ3) is 4.47. The molecular formula is C23H24Cl2FNO3. The van der Waals surface area contributed by atoms with E-state index in [2.05, 4.69) is 0 Å². The number of hydrogen-bond donors (Lipinski definition) is 1. The standard InChI is InChI=1S/C23H24Cl2FNO3/c1-13(2)27-21(14-4-6-16(24)7-5-14)19(15-8-17(25)10-18(26)9-15)11-23(3,22(27)30)12-20(28)29/h4-10,13,19,21H,11-12H2,1-3H3,(H,28,29)/t19-,21-,23-/m1/s1. The predicted octanol–water partition coefficient (Wildman–Crippen LogP) is 6.08. The van der Waals surface area contributed by atoms with E-state index in [0.717, 1.165) is 5.56 Å². The minimum atomic E-state index is -1.12. The van der Waals surface area contributed by atoms with Gasteiger partial charge in [0.1, 0.15) is 5.82 Å². The zero-order valence-electron chi connectivity index (χ0n) is 17.0. The van der Waals surface area contributed by atoms with Crippen LogP contribution in [0.4, 0.5) is 4.39 Å². The Morgan fingerprint density at radius 1 is 1.17 bits per heavy atom. The van der Waals surface area contributed by atoms with Gasteiger partial charge in [0.2, 0.25) is 5.91 Å². The van der Waals surface area contributed by atoms with Crippen molar-refractivity contribution in [3.8, 4) is 0 Å². The molecule has 30 heavy (non-hydrogen) atoms. The minimum Gasteiger partial charge on any atom is -0.481 e. The summed E-state index contributed by atoms with van der Waals surface area (Å²) in [5.74, 6) is -2.08. The normalized spacial score (nSPS) is 24.4. The molecule has 7 heteroatoms. The second-order valence-electron chi connectivity index (χ2n) is 8.45. The maximum absolute atomic E-state index is 14.2. The smallest absolute Gasteiger partial charge is 0.304 e. The summed E-state index contributed by atoms with van der Waals surface area (Å²) in [5, 5.41) is 10.3. The first-order chi connectivity index (χ1) is 14.0. The molecule has 1 amide bonds. The molecule has 0 aliphatic carbocycles. The summed E-state index contributed by atoms with van der Waals surface area (Å²) in [6, 6.07) is 10.9. The van der Waals surface area contributed by atoms with Crippen LogP contribution in [0.15, 0.2) is 42.5 Å². The van der Waals surface area contributed by atoms with Crippen molar-refractivity contribution < 1.29 is 19.1 Å². The van der Waals surface area contributed by atoms with E-state index in [1.807, 2.05) is 26.0 Å². The van der Waals surface area contributed by atoms with Gasteiger partial charge in [-0.25, -0.2) is 4.39 Å². The van der Waals surface area contributed by atoms with E-state index in [0.29, 0.717) is 10.6 Å². The number of carboxylic acid groups (broad SMARTS) is 1. The highest BCUT2D eigenvalue weighted by Gasteiger charge is 2.51. The summed E-state index contributed by atoms with van der Waals surface area (Å²) in [6.45, 7) is 5.46. The van der Waals surface area contributed by atoms with Crippen molar-refractivity contribution >= 4 is 35.1 Å². The van der Waals surface area contributed by atoms with Gasteiger partial charge in [-0.05, 0) is 61.7 Å². The lowest BCUT2D eigenvalue weighted by Gasteiger charge is -2.50. The zero-order chi connectivity index (χ0) is 22.2. The molecule has 0 bridgehead atoms. The first kappa shape index (κ1) is 22.6. The van der Waals surface area contributed by atoms with Crippen LogP contribution in [0.25, 0.3) is 0 Å². The van der Waals surface area contributed by atoms with Crippen molar-refractivity contribution in [1.29, 1.82) is 0 Å². The van der Waals surface area contributed by atoms with Crippen molar-refractivity contribution in [2.45, 2.75) is 51.6 Å². The number of likely N-dealkylation sites (tertiary alicyclic amines) is 1. The van der Waals surface area contributed by atoms with Gasteiger partial charge < -0.3 is 10.0 Å². The highest BCUT2D eigenvalue weighted by atomic mass is 35.5. The van der Waals surface area contributed by atoms with Crippen LogP contribution in [0.3, 0.4) is 0 Å². The van der Waals surface area contributed by atoms with Crippen molar-refractivity contribution in [2.75, 3.05) is 0 Å². The molecule has 0 radical (unpaired) electrons. The van der Waals surface area contributed by atoms with Crippen molar-refractivity contribution in [3.05, 3.63) is 69.5 Å². The molecule has 0 unspecified atom stereocenters. The molecule has 160 valence electrons. The fourth-order valence-corrected chi connectivity index (χ4v) is 4.85. The Labute approximate surface area is 185 Å². The topological polar surface area (TPSA) is 57.6 Å². The van der Waals surface area contributed by atoms with E-state index in [1.165, 1.54) is 12.1 Å². The van der Waals surface area contributed by atoms with Gasteiger partial charge in [-0.3, -0.25) is 9.59 Å². The molecule has 1 N–H and O–H groups in total. The Bertz CT molecular complexity index is 943. The number of carboxylic acids is 1. The SMILES string of the molecule is CC(C)N1C(=O)[C@@](C)(CC(=O)O)C[C@H](c2cc(F)cc(Cl)c2)[C@H]1c1ccc(Cl)cc1. The lowest BCUT2D eigenvalue weighted by molar-refractivity contribution is -0.159. The lowest BCUT2D eigenvalue weighted by Crippen LogP contribution is -2.54. The molecule has 3 atom stereocenters. The van der Waals surface area contributed by atoms with Crippen molar-refractivity contribution in [2.24, 2.45) is 5.41 Å². The van der Waals surface area contributed by atoms with E-state index in [9.17, 15) is 19.1 Å². The van der Waals surface area contributed by atoms with Gasteiger partial charge in [0.25, 0.3) is 0 Å². The van der Waals surface area contributed by atoms with E-state index < -0.39 is 23.2 Å². The Kier molecular flexibility index (Phi) is 6.44. The summed E-state index contributed by atoms with van der Waals surface area (Å²) in [6.07, 6.45) is -0.0453. The quantitative estimate of drug-likeness (QED) is 0.598. The van der Waals surface area contributed by atoms with Crippen LogP contribution in [0.1, 0.15) is 56.7 Å². The van der Waals surface area contributed by atoms with Gasteiger partial charge in [-0.2, -0.15) is 0 Å². The molecule has 2 aromatic carbocycles. The average Bonchev–Trinajstić information content (AvgIpc) is 2.62. The highest BCUT2D eigenvalue weighted by molar-refractivity contribution is 6.30. The number of piperidine rings is 1. The number of rotatable bonds is 5. The fourth-order valence-electron chi connectivity index (χ4n) is 4.50. The predicted molar refractivity (Wildman–Crippen MR) is 115 cm³/mol. The Morgan fingerprint density at radius 3 is 2.33 bits per heavy atom. The minimum absolute atomic E-state index is 0.196. The first-order valence-corrected chi connectivity index (χ1v) is 10.5. The second-order valence-corrected chi connectivity index (χ2v) is 9.32. The van der Waals surface area contributed by atoms with Gasteiger partial charge >= 0.3 is 5.97 Å². The molecule has 1 heterocycles. The van der Waals surface area contributed by atoms with Gasteiger partial charge in [-0.15, -0.1) is 0 Å². The van der Waals surface area contributed by atoms with E-state index in [1.54, 1.807) is 30.0 Å². The summed E-state index contributed by atoms with van der Waals surface area (Å²) in [7, 11) is 0. The highest BCUT2D eigenvalue weighted by Crippen LogP contribution is 2.52. The van der Waals surface area contributed by atoms with Crippen LogP contribution in [-0.2, 0) is 9.59 Å². The molecule has 1 aliphatic heterocycles. The van der Waals surface area contributed by atoms with Crippen LogP contribution in [-0.4, -0.2) is 27.9 Å². The molecule has 0 saturated carbocycles.